The van der Waals surface area contributed by atoms with Gasteiger partial charge in [0.2, 0.25) is 5.91 Å². The molecule has 0 spiro atoms. The number of amides is 1. The van der Waals surface area contributed by atoms with Gasteiger partial charge in [-0.15, -0.1) is 8.78 Å². The Morgan fingerprint density at radius 3 is 2.48 bits per heavy atom. The zero-order valence-corrected chi connectivity index (χ0v) is 15.9. The van der Waals surface area contributed by atoms with Gasteiger partial charge in [-0.2, -0.15) is 0 Å². The first-order chi connectivity index (χ1) is 12.6. The first-order valence-corrected chi connectivity index (χ1v) is 10.1. The van der Waals surface area contributed by atoms with Crippen molar-refractivity contribution >= 4 is 31.9 Å². The Morgan fingerprint density at radius 1 is 1.11 bits per heavy atom. The second-order valence-electron chi connectivity index (χ2n) is 6.25. The Morgan fingerprint density at radius 2 is 1.78 bits per heavy atom. The van der Waals surface area contributed by atoms with Crippen molar-refractivity contribution in [2.24, 2.45) is 5.92 Å². The van der Waals surface area contributed by atoms with Crippen molar-refractivity contribution in [3.8, 4) is 11.5 Å². The summed E-state index contributed by atoms with van der Waals surface area (Å²) in [6, 6.07) is 10.5. The molecule has 0 unspecified atom stereocenters. The van der Waals surface area contributed by atoms with Gasteiger partial charge in [0.15, 0.2) is 11.5 Å². The van der Waals surface area contributed by atoms with Gasteiger partial charge in [-0.05, 0) is 42.2 Å². The number of rotatable bonds is 4. The number of fused-ring (bicyclic) bond motifs is 1. The molecule has 2 aromatic carbocycles. The maximum Gasteiger partial charge on any atom is 0.586 e. The summed E-state index contributed by atoms with van der Waals surface area (Å²) in [7, 11) is -4.22. The first kappa shape index (κ1) is 18.2. The van der Waals surface area contributed by atoms with Crippen LogP contribution in [-0.4, -0.2) is 20.6 Å². The van der Waals surface area contributed by atoms with Crippen LogP contribution in [0.5, 0.6) is 11.5 Å². The van der Waals surface area contributed by atoms with Gasteiger partial charge < -0.3 is 9.47 Å². The zero-order valence-electron chi connectivity index (χ0n) is 13.5. The van der Waals surface area contributed by atoms with E-state index in [1.807, 2.05) is 29.0 Å². The molecule has 6 nitrogen and oxygen atoms in total. The number of alkyl halides is 2. The van der Waals surface area contributed by atoms with E-state index >= 15 is 0 Å². The molecule has 0 saturated heterocycles. The summed E-state index contributed by atoms with van der Waals surface area (Å²) in [5, 5.41) is 0. The number of carbonyl (C=O) groups excluding carboxylic acids is 1. The maximum absolute atomic E-state index is 13.1. The van der Waals surface area contributed by atoms with E-state index in [2.05, 4.69) is 25.4 Å². The van der Waals surface area contributed by atoms with E-state index in [-0.39, 0.29) is 16.6 Å². The Hall–Kier alpha value is -2.20. The minimum atomic E-state index is -4.22. The number of hydrogen-bond acceptors (Lipinski definition) is 5. The molecule has 1 fully saturated rings. The lowest BCUT2D eigenvalue weighted by atomic mass is 10.1. The van der Waals surface area contributed by atoms with Crippen molar-refractivity contribution in [2.45, 2.75) is 23.5 Å². The standard InChI is InChI=1S/C17H12BrF2NO5S/c18-10-3-1-9(2-4-10)12-8-13(12)16(22)21-27(23,24)11-5-6-14-15(7-11)26-17(19,20)25-14/h1-7,12-13H,8H2,(H,21,22)/t12-,13+/m0/s1. The smallest absolute Gasteiger partial charge is 0.395 e. The molecule has 1 amide bonds. The second-order valence-corrected chi connectivity index (χ2v) is 8.84. The van der Waals surface area contributed by atoms with Gasteiger partial charge in [-0.25, -0.2) is 13.1 Å². The Kier molecular flexibility index (Phi) is 4.15. The van der Waals surface area contributed by atoms with Crippen LogP contribution in [0, 0.1) is 5.92 Å². The average molecular weight is 460 g/mol. The van der Waals surface area contributed by atoms with Crippen LogP contribution in [-0.2, 0) is 14.8 Å². The van der Waals surface area contributed by atoms with Crippen molar-refractivity contribution < 1.29 is 31.5 Å². The van der Waals surface area contributed by atoms with Gasteiger partial charge in [-0.1, -0.05) is 28.1 Å². The minimum Gasteiger partial charge on any atom is -0.395 e. The van der Waals surface area contributed by atoms with Crippen molar-refractivity contribution in [3.05, 3.63) is 52.5 Å². The molecule has 4 rings (SSSR count). The number of sulfonamides is 1. The van der Waals surface area contributed by atoms with Crippen LogP contribution < -0.4 is 14.2 Å². The largest absolute Gasteiger partial charge is 0.586 e. The van der Waals surface area contributed by atoms with Crippen LogP contribution in [0.25, 0.3) is 0 Å². The molecule has 2 aromatic rings. The van der Waals surface area contributed by atoms with Gasteiger partial charge >= 0.3 is 6.29 Å². The fourth-order valence-corrected chi connectivity index (χ4v) is 4.23. The van der Waals surface area contributed by atoms with Gasteiger partial charge in [-0.3, -0.25) is 4.79 Å². The van der Waals surface area contributed by atoms with Crippen LogP contribution in [0.2, 0.25) is 0 Å². The number of benzene rings is 2. The molecule has 0 radical (unpaired) electrons. The maximum atomic E-state index is 13.1. The van der Waals surface area contributed by atoms with Gasteiger partial charge in [0.1, 0.15) is 0 Å². The third-order valence-corrected chi connectivity index (χ3v) is 6.22. The number of halogens is 3. The van der Waals surface area contributed by atoms with E-state index in [0.717, 1.165) is 28.2 Å². The Balaban J connectivity index is 1.47. The highest BCUT2D eigenvalue weighted by atomic mass is 79.9. The van der Waals surface area contributed by atoms with Gasteiger partial charge in [0.05, 0.1) is 4.90 Å². The molecule has 2 atom stereocenters. The van der Waals surface area contributed by atoms with Gasteiger partial charge in [0, 0.05) is 16.5 Å². The molecular formula is C17H12BrF2NO5S. The quantitative estimate of drug-likeness (QED) is 0.757. The van der Waals surface area contributed by atoms with E-state index in [1.54, 1.807) is 0 Å². The molecule has 1 heterocycles. The normalized spacial score (nSPS) is 22.3. The highest BCUT2D eigenvalue weighted by Crippen LogP contribution is 2.48. The molecule has 1 aliphatic heterocycles. The van der Waals surface area contributed by atoms with Crippen molar-refractivity contribution in [2.75, 3.05) is 0 Å². The van der Waals surface area contributed by atoms with E-state index in [4.69, 9.17) is 0 Å². The molecule has 0 bridgehead atoms. The molecule has 0 aromatic heterocycles. The predicted molar refractivity (Wildman–Crippen MR) is 93.0 cm³/mol. The van der Waals surface area contributed by atoms with Crippen LogP contribution in [0.1, 0.15) is 17.9 Å². The minimum absolute atomic E-state index is 0.0521. The molecule has 1 saturated carbocycles. The summed E-state index contributed by atoms with van der Waals surface area (Å²) in [6.07, 6.45) is -3.31. The molecular weight excluding hydrogens is 448 g/mol. The lowest BCUT2D eigenvalue weighted by Crippen LogP contribution is -2.32. The molecule has 1 aliphatic carbocycles. The summed E-state index contributed by atoms with van der Waals surface area (Å²) in [4.78, 5) is 11.9. The molecule has 2 aliphatic rings. The SMILES string of the molecule is O=C(NS(=O)(=O)c1ccc2c(c1)OC(F)(F)O2)[C@@H]1C[C@H]1c1ccc(Br)cc1. The highest BCUT2D eigenvalue weighted by Gasteiger charge is 2.46. The van der Waals surface area contributed by atoms with Crippen molar-refractivity contribution in [3.63, 3.8) is 0 Å². The summed E-state index contributed by atoms with van der Waals surface area (Å²) >= 11 is 3.33. The summed E-state index contributed by atoms with van der Waals surface area (Å²) in [5.41, 5.74) is 0.945. The van der Waals surface area contributed by atoms with Crippen molar-refractivity contribution in [1.29, 1.82) is 0 Å². The van der Waals surface area contributed by atoms with Crippen molar-refractivity contribution in [1.82, 2.24) is 4.72 Å². The molecule has 1 N–H and O–H groups in total. The van der Waals surface area contributed by atoms with Crippen LogP contribution in [0.15, 0.2) is 51.8 Å². The lowest BCUT2D eigenvalue weighted by molar-refractivity contribution is -0.286. The summed E-state index contributed by atoms with van der Waals surface area (Å²) < 4.78 is 62.3. The fourth-order valence-electron chi connectivity index (χ4n) is 2.93. The first-order valence-electron chi connectivity index (χ1n) is 7.87. The number of ether oxygens (including phenoxy) is 2. The lowest BCUT2D eigenvalue weighted by Gasteiger charge is -2.07. The Bertz CT molecular complexity index is 1030. The molecule has 27 heavy (non-hydrogen) atoms. The fraction of sp³-hybridized carbons (Fsp3) is 0.235. The number of carbonyl (C=O) groups is 1. The summed E-state index contributed by atoms with van der Waals surface area (Å²) in [6.45, 7) is 0. The average Bonchev–Trinajstić information content (AvgIpc) is 3.31. The summed E-state index contributed by atoms with van der Waals surface area (Å²) in [5.74, 6) is -1.83. The van der Waals surface area contributed by atoms with E-state index < -0.39 is 33.9 Å². The van der Waals surface area contributed by atoms with Crippen LogP contribution in [0.3, 0.4) is 0 Å². The van der Waals surface area contributed by atoms with E-state index in [1.165, 1.54) is 0 Å². The zero-order chi connectivity index (χ0) is 19.4. The Labute approximate surface area is 161 Å². The molecule has 142 valence electrons. The van der Waals surface area contributed by atoms with E-state index in [9.17, 15) is 22.0 Å². The van der Waals surface area contributed by atoms with Gasteiger partial charge in [0.25, 0.3) is 10.0 Å². The van der Waals surface area contributed by atoms with E-state index in [0.29, 0.717) is 6.42 Å². The third-order valence-electron chi connectivity index (χ3n) is 4.34. The number of hydrogen-bond donors (Lipinski definition) is 1. The third kappa shape index (κ3) is 3.63. The molecule has 10 heteroatoms. The second kappa shape index (κ2) is 6.16. The van der Waals surface area contributed by atoms with Crippen LogP contribution in [0.4, 0.5) is 8.78 Å². The monoisotopic (exact) mass is 459 g/mol. The van der Waals surface area contributed by atoms with Crippen LogP contribution >= 0.6 is 15.9 Å². The highest BCUT2D eigenvalue weighted by molar-refractivity contribution is 9.10. The predicted octanol–water partition coefficient (Wildman–Crippen LogP) is 3.38. The topological polar surface area (TPSA) is 81.7 Å². The number of nitrogens with one attached hydrogen (secondary N) is 1.